The first-order valence-electron chi connectivity index (χ1n) is 15.4. The number of pyridine rings is 1. The first-order chi connectivity index (χ1) is 21.6. The second-order valence-electron chi connectivity index (χ2n) is 11.6. The summed E-state index contributed by atoms with van der Waals surface area (Å²) < 4.78 is 13.1. The highest BCUT2D eigenvalue weighted by Gasteiger charge is 2.33. The number of hydrogen-bond acceptors (Lipinski definition) is 7. The van der Waals surface area contributed by atoms with E-state index in [1.807, 2.05) is 48.5 Å². The lowest BCUT2D eigenvalue weighted by Crippen LogP contribution is -2.49. The van der Waals surface area contributed by atoms with E-state index < -0.39 is 6.29 Å². The molecule has 8 nitrogen and oxygen atoms in total. The first kappa shape index (κ1) is 30.1. The fraction of sp³-hybridized carbons (Fsp3) is 0.333. The Labute approximate surface area is 259 Å². The van der Waals surface area contributed by atoms with Gasteiger partial charge in [-0.3, -0.25) is 19.6 Å². The van der Waals surface area contributed by atoms with E-state index in [-0.39, 0.29) is 24.7 Å². The van der Waals surface area contributed by atoms with Crippen molar-refractivity contribution in [2.24, 2.45) is 0 Å². The van der Waals surface area contributed by atoms with E-state index >= 15 is 0 Å². The van der Waals surface area contributed by atoms with Crippen molar-refractivity contribution in [3.63, 3.8) is 0 Å². The van der Waals surface area contributed by atoms with Gasteiger partial charge in [0.25, 0.3) is 5.91 Å². The summed E-state index contributed by atoms with van der Waals surface area (Å²) in [4.78, 5) is 21.5. The van der Waals surface area contributed by atoms with Crippen LogP contribution >= 0.6 is 0 Å². The molecular formula is C36H40N4O4. The van der Waals surface area contributed by atoms with E-state index in [1.165, 1.54) is 5.56 Å². The van der Waals surface area contributed by atoms with Gasteiger partial charge >= 0.3 is 0 Å². The number of carbonyl (C=O) groups is 1. The van der Waals surface area contributed by atoms with Crippen molar-refractivity contribution in [1.82, 2.24) is 20.1 Å². The third-order valence-corrected chi connectivity index (χ3v) is 8.42. The average Bonchev–Trinajstić information content (AvgIpc) is 3.09. The molecule has 3 unspecified atom stereocenters. The number of ether oxygens (including phenoxy) is 2. The molecule has 2 fully saturated rings. The maximum atomic E-state index is 12.4. The van der Waals surface area contributed by atoms with E-state index in [0.717, 1.165) is 67.9 Å². The van der Waals surface area contributed by atoms with Gasteiger partial charge in [-0.05, 0) is 34.4 Å². The molecule has 2 N–H and O–H groups in total. The number of nitrogens with one attached hydrogen (secondary N) is 1. The molecule has 0 radical (unpaired) electrons. The lowest BCUT2D eigenvalue weighted by Gasteiger charge is -2.40. The number of piperazine rings is 1. The number of rotatable bonds is 10. The predicted molar refractivity (Wildman–Crippen MR) is 168 cm³/mol. The Morgan fingerprint density at radius 1 is 0.795 bits per heavy atom. The van der Waals surface area contributed by atoms with Crippen LogP contribution < -0.4 is 5.32 Å². The SMILES string of the molecule is O=C(NCc1ccc(C2OC(CN3CCN(Cc4ccccc4)CC3)CC(c3ccc(CO)cc3)O2)cc1)c1cccnc1. The van der Waals surface area contributed by atoms with Gasteiger partial charge in [0.2, 0.25) is 0 Å². The zero-order valence-electron chi connectivity index (χ0n) is 24.9. The van der Waals surface area contributed by atoms with Crippen LogP contribution in [0.15, 0.2) is 103 Å². The molecule has 3 aromatic carbocycles. The molecule has 1 aromatic heterocycles. The number of carbonyl (C=O) groups excluding carboxylic acids is 1. The Hall–Kier alpha value is -3.92. The van der Waals surface area contributed by atoms with Gasteiger partial charge < -0.3 is 19.9 Å². The van der Waals surface area contributed by atoms with Crippen molar-refractivity contribution in [3.05, 3.63) is 137 Å². The van der Waals surface area contributed by atoms with Gasteiger partial charge in [0.1, 0.15) is 0 Å². The number of amides is 1. The molecule has 4 aromatic rings. The van der Waals surface area contributed by atoms with E-state index in [1.54, 1.807) is 24.5 Å². The maximum Gasteiger partial charge on any atom is 0.253 e. The van der Waals surface area contributed by atoms with Gasteiger partial charge in [0.05, 0.1) is 24.4 Å². The third-order valence-electron chi connectivity index (χ3n) is 8.42. The fourth-order valence-electron chi connectivity index (χ4n) is 5.87. The van der Waals surface area contributed by atoms with Gasteiger partial charge in [-0.25, -0.2) is 0 Å². The average molecular weight is 593 g/mol. The van der Waals surface area contributed by atoms with Crippen molar-refractivity contribution in [2.75, 3.05) is 32.7 Å². The first-order valence-corrected chi connectivity index (χ1v) is 15.4. The van der Waals surface area contributed by atoms with E-state index in [4.69, 9.17) is 9.47 Å². The summed E-state index contributed by atoms with van der Waals surface area (Å²) in [5.74, 6) is -0.153. The molecule has 228 valence electrons. The van der Waals surface area contributed by atoms with E-state index in [9.17, 15) is 9.90 Å². The second kappa shape index (κ2) is 14.7. The lowest BCUT2D eigenvalue weighted by molar-refractivity contribution is -0.253. The lowest BCUT2D eigenvalue weighted by atomic mass is 9.99. The molecule has 44 heavy (non-hydrogen) atoms. The van der Waals surface area contributed by atoms with Crippen LogP contribution in [0.5, 0.6) is 0 Å². The van der Waals surface area contributed by atoms with Crippen LogP contribution in [0, 0.1) is 0 Å². The van der Waals surface area contributed by atoms with Crippen molar-refractivity contribution >= 4 is 5.91 Å². The minimum Gasteiger partial charge on any atom is -0.392 e. The van der Waals surface area contributed by atoms with Crippen molar-refractivity contribution in [3.8, 4) is 0 Å². The molecule has 0 spiro atoms. The highest BCUT2D eigenvalue weighted by Crippen LogP contribution is 2.38. The van der Waals surface area contributed by atoms with Gasteiger partial charge in [-0.2, -0.15) is 0 Å². The minimum absolute atomic E-state index is 0.00962. The molecule has 0 saturated carbocycles. The van der Waals surface area contributed by atoms with Gasteiger partial charge in [-0.1, -0.05) is 78.9 Å². The molecule has 0 bridgehead atoms. The van der Waals surface area contributed by atoms with Crippen LogP contribution in [0.25, 0.3) is 0 Å². The summed E-state index contributed by atoms with van der Waals surface area (Å²) in [5, 5.41) is 12.5. The zero-order chi connectivity index (χ0) is 30.1. The van der Waals surface area contributed by atoms with E-state index in [2.05, 4.69) is 50.4 Å². The van der Waals surface area contributed by atoms with Gasteiger partial charge in [-0.15, -0.1) is 0 Å². The monoisotopic (exact) mass is 592 g/mol. The molecule has 8 heteroatoms. The molecule has 3 heterocycles. The van der Waals surface area contributed by atoms with Crippen LogP contribution in [0.1, 0.15) is 57.0 Å². The number of benzene rings is 3. The van der Waals surface area contributed by atoms with E-state index in [0.29, 0.717) is 12.1 Å². The molecule has 2 saturated heterocycles. The van der Waals surface area contributed by atoms with Gasteiger partial charge in [0.15, 0.2) is 6.29 Å². The summed E-state index contributed by atoms with van der Waals surface area (Å²) in [6.07, 6.45) is 3.36. The predicted octanol–water partition coefficient (Wildman–Crippen LogP) is 4.87. The summed E-state index contributed by atoms with van der Waals surface area (Å²) in [6.45, 7) is 6.35. The Bertz CT molecular complexity index is 1460. The Kier molecular flexibility index (Phi) is 10.1. The number of aliphatic hydroxyl groups is 1. The summed E-state index contributed by atoms with van der Waals surface area (Å²) >= 11 is 0. The fourth-order valence-corrected chi connectivity index (χ4v) is 5.87. The molecule has 0 aliphatic carbocycles. The zero-order valence-corrected chi connectivity index (χ0v) is 24.9. The summed E-state index contributed by atoms with van der Waals surface area (Å²) in [6, 6.07) is 30.2. The van der Waals surface area contributed by atoms with Crippen LogP contribution in [0.4, 0.5) is 0 Å². The van der Waals surface area contributed by atoms with Gasteiger partial charge in [0, 0.05) is 70.2 Å². The smallest absolute Gasteiger partial charge is 0.253 e. The number of aliphatic hydroxyl groups excluding tert-OH is 1. The molecule has 2 aliphatic rings. The Morgan fingerprint density at radius 3 is 2.20 bits per heavy atom. The quantitative estimate of drug-likeness (QED) is 0.272. The largest absolute Gasteiger partial charge is 0.392 e. The number of nitrogens with zero attached hydrogens (tertiary/aromatic N) is 3. The van der Waals surface area contributed by atoms with Crippen molar-refractivity contribution in [1.29, 1.82) is 0 Å². The number of aromatic nitrogens is 1. The van der Waals surface area contributed by atoms with Crippen LogP contribution in [-0.2, 0) is 29.2 Å². The third kappa shape index (κ3) is 7.96. The highest BCUT2D eigenvalue weighted by atomic mass is 16.7. The normalized spacial score (nSPS) is 21.2. The minimum atomic E-state index is -0.505. The van der Waals surface area contributed by atoms with Crippen molar-refractivity contribution < 1.29 is 19.4 Å². The Balaban J connectivity index is 1.09. The van der Waals surface area contributed by atoms with Crippen LogP contribution in [0.2, 0.25) is 0 Å². The maximum absolute atomic E-state index is 12.4. The van der Waals surface area contributed by atoms with Crippen LogP contribution in [-0.4, -0.2) is 64.6 Å². The molecular weight excluding hydrogens is 552 g/mol. The molecule has 6 rings (SSSR count). The Morgan fingerprint density at radius 2 is 1.50 bits per heavy atom. The highest BCUT2D eigenvalue weighted by molar-refractivity contribution is 5.93. The van der Waals surface area contributed by atoms with Crippen LogP contribution in [0.3, 0.4) is 0 Å². The second-order valence-corrected chi connectivity index (χ2v) is 11.6. The summed E-state index contributed by atoms with van der Waals surface area (Å²) in [5.41, 5.74) is 5.80. The summed E-state index contributed by atoms with van der Waals surface area (Å²) in [7, 11) is 0. The molecule has 1 amide bonds. The number of hydrogen-bond donors (Lipinski definition) is 2. The molecule has 3 atom stereocenters. The molecule has 2 aliphatic heterocycles. The standard InChI is InChI=1S/C36H40N4O4/c41-26-29-10-12-30(13-11-29)34-21-33(25-40-19-17-39(18-20-40)24-28-5-2-1-3-6-28)43-36(44-34)31-14-8-27(9-15-31)22-38-35(42)32-7-4-16-37-23-32/h1-16,23,33-34,36,41H,17-22,24-26H2,(H,38,42). The van der Waals surface area contributed by atoms with Crippen molar-refractivity contribution in [2.45, 2.75) is 44.6 Å². The topological polar surface area (TPSA) is 87.2 Å².